The molecule has 0 radical (unpaired) electrons. The first-order chi connectivity index (χ1) is 13.3. The number of nitrogens with one attached hydrogen (secondary N) is 2. The normalized spacial score (nSPS) is 14.2. The van der Waals surface area contributed by atoms with Gasteiger partial charge in [-0.15, -0.1) is 0 Å². The van der Waals surface area contributed by atoms with E-state index in [2.05, 4.69) is 31.0 Å². The number of aryl methyl sites for hydroxylation is 1. The minimum Gasteiger partial charge on any atom is -0.321 e. The average Bonchev–Trinajstić information content (AvgIpc) is 3.45. The number of pyridine rings is 1. The van der Waals surface area contributed by atoms with Gasteiger partial charge in [0.2, 0.25) is 10.0 Å². The predicted octanol–water partition coefficient (Wildman–Crippen LogP) is 4.00. The van der Waals surface area contributed by atoms with Crippen LogP contribution in [0.15, 0.2) is 57.9 Å². The molecule has 4 rings (SSSR count). The molecule has 0 atom stereocenters. The number of benzene rings is 2. The van der Waals surface area contributed by atoms with Gasteiger partial charge in [-0.1, -0.05) is 22.0 Å². The molecular weight excluding hydrogens is 442 g/mol. The largest absolute Gasteiger partial charge is 0.321 e. The Balaban J connectivity index is 1.65. The van der Waals surface area contributed by atoms with Gasteiger partial charge in [0.25, 0.3) is 5.91 Å². The number of hydrogen-bond acceptors (Lipinski definition) is 4. The third-order valence-electron chi connectivity index (χ3n) is 4.45. The number of amides is 1. The minimum absolute atomic E-state index is 0.00656. The van der Waals surface area contributed by atoms with Crippen molar-refractivity contribution in [2.75, 3.05) is 5.32 Å². The second-order valence-corrected chi connectivity index (χ2v) is 9.48. The molecule has 0 bridgehead atoms. The topological polar surface area (TPSA) is 88.2 Å². The lowest BCUT2D eigenvalue weighted by Crippen LogP contribution is -2.26. The fourth-order valence-corrected chi connectivity index (χ4v) is 4.63. The van der Waals surface area contributed by atoms with E-state index >= 15 is 0 Å². The van der Waals surface area contributed by atoms with Crippen LogP contribution in [0, 0.1) is 6.92 Å². The highest BCUT2D eigenvalue weighted by Crippen LogP contribution is 2.27. The monoisotopic (exact) mass is 459 g/mol. The number of halogens is 1. The number of sulfonamides is 1. The van der Waals surface area contributed by atoms with E-state index in [1.165, 1.54) is 12.1 Å². The van der Waals surface area contributed by atoms with Crippen LogP contribution in [-0.4, -0.2) is 25.4 Å². The first-order valence-corrected chi connectivity index (χ1v) is 11.1. The summed E-state index contributed by atoms with van der Waals surface area (Å²) in [4.78, 5) is 17.4. The van der Waals surface area contributed by atoms with E-state index < -0.39 is 10.0 Å². The molecule has 144 valence electrons. The van der Waals surface area contributed by atoms with Gasteiger partial charge in [0.15, 0.2) is 0 Å². The van der Waals surface area contributed by atoms with E-state index in [0.717, 1.165) is 33.9 Å². The minimum atomic E-state index is -3.62. The summed E-state index contributed by atoms with van der Waals surface area (Å²) in [6.45, 7) is 1.86. The van der Waals surface area contributed by atoms with Crippen molar-refractivity contribution in [3.63, 3.8) is 0 Å². The molecule has 1 aromatic heterocycles. The van der Waals surface area contributed by atoms with Crippen LogP contribution < -0.4 is 10.0 Å². The molecule has 1 amide bonds. The lowest BCUT2D eigenvalue weighted by atomic mass is 10.1. The maximum atomic E-state index is 12.8. The Morgan fingerprint density at radius 3 is 2.68 bits per heavy atom. The van der Waals surface area contributed by atoms with Crippen molar-refractivity contribution in [2.24, 2.45) is 0 Å². The standard InChI is InChI=1S/C20H18BrN3O3S/c1-12-9-19(17-11-14(21)5-8-18(17)22-12)23-20(25)13-3-2-4-16(10-13)28(26,27)24-15-6-7-15/h2-5,8-11,15,24H,6-7H2,1H3,(H,22,23,25). The van der Waals surface area contributed by atoms with Crippen molar-refractivity contribution < 1.29 is 13.2 Å². The number of carbonyl (C=O) groups excluding carboxylic acids is 1. The molecule has 3 aromatic rings. The molecule has 1 aliphatic carbocycles. The van der Waals surface area contributed by atoms with E-state index in [9.17, 15) is 13.2 Å². The fraction of sp³-hybridized carbons (Fsp3) is 0.200. The highest BCUT2D eigenvalue weighted by molar-refractivity contribution is 9.10. The number of hydrogen-bond donors (Lipinski definition) is 2. The first kappa shape index (κ1) is 19.0. The Kier molecular flexibility index (Phi) is 4.95. The molecule has 1 fully saturated rings. The van der Waals surface area contributed by atoms with Crippen LogP contribution in [0.5, 0.6) is 0 Å². The summed E-state index contributed by atoms with van der Waals surface area (Å²) in [7, 11) is -3.62. The molecule has 1 saturated carbocycles. The van der Waals surface area contributed by atoms with Crippen molar-refractivity contribution in [2.45, 2.75) is 30.7 Å². The van der Waals surface area contributed by atoms with Crippen molar-refractivity contribution in [3.05, 3.63) is 64.3 Å². The second-order valence-electron chi connectivity index (χ2n) is 6.85. The zero-order valence-corrected chi connectivity index (χ0v) is 17.5. The van der Waals surface area contributed by atoms with Crippen molar-refractivity contribution in [1.82, 2.24) is 9.71 Å². The number of rotatable bonds is 5. The van der Waals surface area contributed by atoms with Crippen molar-refractivity contribution >= 4 is 48.5 Å². The van der Waals surface area contributed by atoms with Gasteiger partial charge < -0.3 is 5.32 Å². The van der Waals surface area contributed by atoms with E-state index in [4.69, 9.17) is 0 Å². The molecular formula is C20H18BrN3O3S. The Hall–Kier alpha value is -2.29. The van der Waals surface area contributed by atoms with Gasteiger partial charge in [0.1, 0.15) is 0 Å². The molecule has 8 heteroatoms. The van der Waals surface area contributed by atoms with Crippen LogP contribution >= 0.6 is 15.9 Å². The number of carbonyl (C=O) groups is 1. The summed E-state index contributed by atoms with van der Waals surface area (Å²) in [6.07, 6.45) is 1.70. The Morgan fingerprint density at radius 2 is 1.93 bits per heavy atom. The molecule has 0 aliphatic heterocycles. The third-order valence-corrected chi connectivity index (χ3v) is 6.46. The fourth-order valence-electron chi connectivity index (χ4n) is 2.92. The Bertz CT molecular complexity index is 1190. The lowest BCUT2D eigenvalue weighted by molar-refractivity contribution is 0.102. The predicted molar refractivity (Wildman–Crippen MR) is 112 cm³/mol. The van der Waals surface area contributed by atoms with E-state index in [1.807, 2.05) is 25.1 Å². The molecule has 2 aromatic carbocycles. The van der Waals surface area contributed by atoms with Crippen LogP contribution in [0.1, 0.15) is 28.9 Å². The smallest absolute Gasteiger partial charge is 0.255 e. The van der Waals surface area contributed by atoms with Gasteiger partial charge in [0, 0.05) is 27.2 Å². The number of aromatic nitrogens is 1. The average molecular weight is 460 g/mol. The summed E-state index contributed by atoms with van der Waals surface area (Å²) in [5.74, 6) is -0.379. The van der Waals surface area contributed by atoms with Gasteiger partial charge in [-0.05, 0) is 62.2 Å². The van der Waals surface area contributed by atoms with Crippen molar-refractivity contribution in [3.8, 4) is 0 Å². The molecule has 6 nitrogen and oxygen atoms in total. The first-order valence-electron chi connectivity index (χ1n) is 8.82. The highest BCUT2D eigenvalue weighted by atomic mass is 79.9. The molecule has 0 spiro atoms. The van der Waals surface area contributed by atoms with Crippen molar-refractivity contribution in [1.29, 1.82) is 0 Å². The summed E-state index contributed by atoms with van der Waals surface area (Å²) < 4.78 is 28.3. The van der Waals surface area contributed by atoms with E-state index in [-0.39, 0.29) is 22.4 Å². The van der Waals surface area contributed by atoms with Gasteiger partial charge in [-0.25, -0.2) is 13.1 Å². The number of anilines is 1. The summed E-state index contributed by atoms with van der Waals surface area (Å²) in [5, 5.41) is 3.68. The molecule has 2 N–H and O–H groups in total. The number of nitrogens with zero attached hydrogens (tertiary/aromatic N) is 1. The van der Waals surface area contributed by atoms with Gasteiger partial charge in [0.05, 0.1) is 16.1 Å². The lowest BCUT2D eigenvalue weighted by Gasteiger charge is -2.11. The van der Waals surface area contributed by atoms with Crippen LogP contribution in [0.4, 0.5) is 5.69 Å². The molecule has 0 saturated heterocycles. The van der Waals surface area contributed by atoms with Gasteiger partial charge >= 0.3 is 0 Å². The molecule has 1 heterocycles. The summed E-state index contributed by atoms with van der Waals surface area (Å²) in [6, 6.07) is 13.5. The Morgan fingerprint density at radius 1 is 1.14 bits per heavy atom. The molecule has 1 aliphatic rings. The maximum Gasteiger partial charge on any atom is 0.255 e. The highest BCUT2D eigenvalue weighted by Gasteiger charge is 2.28. The molecule has 28 heavy (non-hydrogen) atoms. The number of fused-ring (bicyclic) bond motifs is 1. The van der Waals surface area contributed by atoms with E-state index in [1.54, 1.807) is 18.2 Å². The van der Waals surface area contributed by atoms with Crippen LogP contribution in [0.2, 0.25) is 0 Å². The van der Waals surface area contributed by atoms with Crippen LogP contribution in [0.3, 0.4) is 0 Å². The Labute approximate surface area is 171 Å². The quantitative estimate of drug-likeness (QED) is 0.603. The van der Waals surface area contributed by atoms with Crippen LogP contribution in [-0.2, 0) is 10.0 Å². The summed E-state index contributed by atoms with van der Waals surface area (Å²) >= 11 is 3.44. The zero-order valence-electron chi connectivity index (χ0n) is 15.1. The molecule has 0 unspecified atom stereocenters. The third kappa shape index (κ3) is 4.09. The second kappa shape index (κ2) is 7.27. The van der Waals surface area contributed by atoms with Gasteiger partial charge in [-0.2, -0.15) is 0 Å². The maximum absolute atomic E-state index is 12.8. The van der Waals surface area contributed by atoms with Gasteiger partial charge in [-0.3, -0.25) is 9.78 Å². The SMILES string of the molecule is Cc1cc(NC(=O)c2cccc(S(=O)(=O)NC3CC3)c2)c2cc(Br)ccc2n1. The van der Waals surface area contributed by atoms with E-state index in [0.29, 0.717) is 5.69 Å². The summed E-state index contributed by atoms with van der Waals surface area (Å²) in [5.41, 5.74) is 2.44. The zero-order chi connectivity index (χ0) is 19.9. The van der Waals surface area contributed by atoms with Crippen LogP contribution in [0.25, 0.3) is 10.9 Å².